The van der Waals surface area contributed by atoms with E-state index in [1.807, 2.05) is 30.3 Å². The lowest BCUT2D eigenvalue weighted by atomic mass is 9.75. The number of methoxy groups -OCH3 is 1. The molecule has 0 bridgehead atoms. The molecule has 3 nitrogen and oxygen atoms in total. The minimum atomic E-state index is -0.729. The second-order valence-electron chi connectivity index (χ2n) is 5.43. The van der Waals surface area contributed by atoms with Crippen LogP contribution in [-0.4, -0.2) is 31.9 Å². The van der Waals surface area contributed by atoms with Crippen LogP contribution in [0.15, 0.2) is 30.3 Å². The van der Waals surface area contributed by atoms with Crippen LogP contribution in [0.2, 0.25) is 0 Å². The summed E-state index contributed by atoms with van der Waals surface area (Å²) in [5.74, 6) is 0.292. The van der Waals surface area contributed by atoms with Gasteiger partial charge in [0.2, 0.25) is 0 Å². The van der Waals surface area contributed by atoms with Crippen LogP contribution in [0.1, 0.15) is 31.2 Å². The third kappa shape index (κ3) is 3.56. The molecule has 1 saturated heterocycles. The molecule has 0 saturated carbocycles. The fraction of sp³-hybridized carbons (Fsp3) is 0.625. The van der Waals surface area contributed by atoms with Gasteiger partial charge in [0.05, 0.1) is 5.60 Å². The van der Waals surface area contributed by atoms with Crippen molar-refractivity contribution in [2.75, 3.05) is 26.8 Å². The van der Waals surface area contributed by atoms with Crippen molar-refractivity contribution in [1.29, 1.82) is 0 Å². The highest BCUT2D eigenvalue weighted by Gasteiger charge is 2.38. The molecule has 1 aromatic carbocycles. The number of ether oxygens (including phenoxy) is 1. The topological polar surface area (TPSA) is 41.5 Å². The first kappa shape index (κ1) is 14.5. The second kappa shape index (κ2) is 7.04. The minimum Gasteiger partial charge on any atom is -0.385 e. The van der Waals surface area contributed by atoms with E-state index in [9.17, 15) is 5.11 Å². The molecule has 1 aliphatic rings. The highest BCUT2D eigenvalue weighted by molar-refractivity contribution is 5.23. The monoisotopic (exact) mass is 263 g/mol. The van der Waals surface area contributed by atoms with Crippen molar-refractivity contribution in [3.63, 3.8) is 0 Å². The van der Waals surface area contributed by atoms with Crippen molar-refractivity contribution >= 4 is 0 Å². The number of benzene rings is 1. The molecule has 3 heteroatoms. The second-order valence-corrected chi connectivity index (χ2v) is 5.43. The SMILES string of the molecule is COCCC[C@@](O)(c1ccccc1)C1CCCNC1. The highest BCUT2D eigenvalue weighted by Crippen LogP contribution is 2.37. The first-order valence-electron chi connectivity index (χ1n) is 7.25. The van der Waals surface area contributed by atoms with Gasteiger partial charge in [-0.15, -0.1) is 0 Å². The van der Waals surface area contributed by atoms with Crippen LogP contribution in [0, 0.1) is 5.92 Å². The molecule has 1 fully saturated rings. The summed E-state index contributed by atoms with van der Waals surface area (Å²) in [4.78, 5) is 0. The van der Waals surface area contributed by atoms with Gasteiger partial charge in [0, 0.05) is 26.2 Å². The maximum absolute atomic E-state index is 11.2. The molecule has 1 aromatic rings. The molecule has 0 spiro atoms. The molecule has 1 heterocycles. The van der Waals surface area contributed by atoms with Crippen LogP contribution < -0.4 is 5.32 Å². The summed E-state index contributed by atoms with van der Waals surface area (Å²) in [5.41, 5.74) is 0.313. The Morgan fingerprint density at radius 2 is 2.16 bits per heavy atom. The van der Waals surface area contributed by atoms with Crippen LogP contribution in [0.4, 0.5) is 0 Å². The molecule has 0 aliphatic carbocycles. The van der Waals surface area contributed by atoms with E-state index in [1.165, 1.54) is 0 Å². The number of piperidine rings is 1. The predicted molar refractivity (Wildman–Crippen MR) is 77.0 cm³/mol. The summed E-state index contributed by atoms with van der Waals surface area (Å²) >= 11 is 0. The molecule has 106 valence electrons. The quantitative estimate of drug-likeness (QED) is 0.774. The first-order valence-corrected chi connectivity index (χ1v) is 7.25. The number of hydrogen-bond donors (Lipinski definition) is 2. The summed E-state index contributed by atoms with van der Waals surface area (Å²) in [6.45, 7) is 2.67. The predicted octanol–water partition coefficient (Wildman–Crippen LogP) is 2.30. The Morgan fingerprint density at radius 1 is 1.37 bits per heavy atom. The summed E-state index contributed by atoms with van der Waals surface area (Å²) in [6.07, 6.45) is 3.88. The maximum Gasteiger partial charge on any atom is 0.0937 e. The van der Waals surface area contributed by atoms with E-state index in [-0.39, 0.29) is 0 Å². The third-order valence-corrected chi connectivity index (χ3v) is 4.15. The zero-order valence-electron chi connectivity index (χ0n) is 11.8. The fourth-order valence-electron chi connectivity index (χ4n) is 3.06. The van der Waals surface area contributed by atoms with Crippen molar-refractivity contribution < 1.29 is 9.84 Å². The van der Waals surface area contributed by atoms with Gasteiger partial charge >= 0.3 is 0 Å². The third-order valence-electron chi connectivity index (χ3n) is 4.15. The Morgan fingerprint density at radius 3 is 2.79 bits per heavy atom. The smallest absolute Gasteiger partial charge is 0.0937 e. The van der Waals surface area contributed by atoms with Gasteiger partial charge < -0.3 is 15.2 Å². The standard InChI is InChI=1S/C16H25NO2/c1-19-12-6-10-16(18,14-7-3-2-4-8-14)15-9-5-11-17-13-15/h2-4,7-8,15,17-18H,5-6,9-13H2,1H3/t15?,16-/m1/s1. The Labute approximate surface area is 116 Å². The van der Waals surface area contributed by atoms with Gasteiger partial charge in [-0.05, 0) is 37.8 Å². The number of aliphatic hydroxyl groups is 1. The van der Waals surface area contributed by atoms with Gasteiger partial charge in [0.1, 0.15) is 0 Å². The van der Waals surface area contributed by atoms with Crippen molar-refractivity contribution in [2.24, 2.45) is 5.92 Å². The van der Waals surface area contributed by atoms with Crippen molar-refractivity contribution in [2.45, 2.75) is 31.3 Å². The van der Waals surface area contributed by atoms with Gasteiger partial charge in [-0.1, -0.05) is 30.3 Å². The lowest BCUT2D eigenvalue weighted by Crippen LogP contribution is -2.44. The largest absolute Gasteiger partial charge is 0.385 e. The Balaban J connectivity index is 2.16. The van der Waals surface area contributed by atoms with E-state index in [2.05, 4.69) is 5.32 Å². The zero-order valence-corrected chi connectivity index (χ0v) is 11.8. The molecule has 2 rings (SSSR count). The molecule has 0 radical (unpaired) electrons. The van der Waals surface area contributed by atoms with E-state index in [0.717, 1.165) is 44.3 Å². The Kier molecular flexibility index (Phi) is 5.37. The number of hydrogen-bond acceptors (Lipinski definition) is 3. The molecule has 0 amide bonds. The maximum atomic E-state index is 11.2. The van der Waals surface area contributed by atoms with E-state index in [0.29, 0.717) is 12.5 Å². The average Bonchev–Trinajstić information content (AvgIpc) is 2.49. The zero-order chi connectivity index (χ0) is 13.6. The molecule has 1 aliphatic heterocycles. The summed E-state index contributed by atoms with van der Waals surface area (Å²) in [7, 11) is 1.71. The van der Waals surface area contributed by atoms with Crippen LogP contribution in [-0.2, 0) is 10.3 Å². The van der Waals surface area contributed by atoms with Gasteiger partial charge in [-0.2, -0.15) is 0 Å². The molecule has 2 atom stereocenters. The average molecular weight is 263 g/mol. The molecular formula is C16H25NO2. The Bertz CT molecular complexity index is 362. The molecule has 1 unspecified atom stereocenters. The summed E-state index contributed by atoms with van der Waals surface area (Å²) in [6, 6.07) is 10.1. The van der Waals surface area contributed by atoms with E-state index < -0.39 is 5.60 Å². The molecule has 2 N–H and O–H groups in total. The number of rotatable bonds is 6. The van der Waals surface area contributed by atoms with E-state index in [1.54, 1.807) is 7.11 Å². The Hall–Kier alpha value is -0.900. The minimum absolute atomic E-state index is 0.292. The van der Waals surface area contributed by atoms with Crippen LogP contribution >= 0.6 is 0 Å². The lowest BCUT2D eigenvalue weighted by molar-refractivity contribution is -0.0458. The highest BCUT2D eigenvalue weighted by atomic mass is 16.5. The summed E-state index contributed by atoms with van der Waals surface area (Å²) in [5, 5.41) is 14.6. The summed E-state index contributed by atoms with van der Waals surface area (Å²) < 4.78 is 5.13. The number of nitrogens with one attached hydrogen (secondary N) is 1. The van der Waals surface area contributed by atoms with Gasteiger partial charge in [-0.25, -0.2) is 0 Å². The molecule has 0 aromatic heterocycles. The van der Waals surface area contributed by atoms with Gasteiger partial charge in [0.25, 0.3) is 0 Å². The van der Waals surface area contributed by atoms with Crippen molar-refractivity contribution in [3.8, 4) is 0 Å². The molecular weight excluding hydrogens is 238 g/mol. The van der Waals surface area contributed by atoms with Gasteiger partial charge in [-0.3, -0.25) is 0 Å². The van der Waals surface area contributed by atoms with Crippen LogP contribution in [0.3, 0.4) is 0 Å². The fourth-order valence-corrected chi connectivity index (χ4v) is 3.06. The first-order chi connectivity index (χ1) is 9.27. The van der Waals surface area contributed by atoms with E-state index >= 15 is 0 Å². The lowest BCUT2D eigenvalue weighted by Gasteiger charge is -2.39. The normalized spacial score (nSPS) is 22.9. The van der Waals surface area contributed by atoms with Crippen molar-refractivity contribution in [1.82, 2.24) is 5.32 Å². The van der Waals surface area contributed by atoms with E-state index in [4.69, 9.17) is 4.74 Å². The van der Waals surface area contributed by atoms with Crippen LogP contribution in [0.25, 0.3) is 0 Å². The van der Waals surface area contributed by atoms with Crippen molar-refractivity contribution in [3.05, 3.63) is 35.9 Å². The van der Waals surface area contributed by atoms with Crippen LogP contribution in [0.5, 0.6) is 0 Å². The molecule has 19 heavy (non-hydrogen) atoms. The van der Waals surface area contributed by atoms with Gasteiger partial charge in [0.15, 0.2) is 0 Å².